The highest BCUT2D eigenvalue weighted by Gasteiger charge is 2.10. The van der Waals surface area contributed by atoms with Crippen LogP contribution >= 0.6 is 0 Å². The fourth-order valence-corrected chi connectivity index (χ4v) is 2.63. The minimum Gasteiger partial charge on any atom is -0.378 e. The molecule has 0 heterocycles. The Balaban J connectivity index is 2.23. The van der Waals surface area contributed by atoms with Crippen LogP contribution in [0.3, 0.4) is 0 Å². The lowest BCUT2D eigenvalue weighted by Gasteiger charge is -2.21. The number of hydrogen-bond acceptors (Lipinski definition) is 2. The minimum absolute atomic E-state index is 0.300. The lowest BCUT2D eigenvalue weighted by Crippen LogP contribution is -2.11. The molecule has 2 nitrogen and oxygen atoms in total. The third-order valence-electron chi connectivity index (χ3n) is 4.00. The summed E-state index contributed by atoms with van der Waals surface area (Å²) in [6.45, 7) is 8.70. The van der Waals surface area contributed by atoms with Crippen LogP contribution in [0.1, 0.15) is 35.2 Å². The van der Waals surface area contributed by atoms with Crippen LogP contribution in [0.2, 0.25) is 0 Å². The molecule has 2 rings (SSSR count). The fraction of sp³-hybridized carbons (Fsp3) is 0.368. The van der Waals surface area contributed by atoms with E-state index in [0.717, 1.165) is 0 Å². The van der Waals surface area contributed by atoms with Crippen LogP contribution in [-0.4, -0.2) is 14.1 Å². The Hall–Kier alpha value is -1.96. The number of rotatable bonds is 4. The molecule has 0 aliphatic heterocycles. The summed E-state index contributed by atoms with van der Waals surface area (Å²) in [5.41, 5.74) is 7.72. The van der Waals surface area contributed by atoms with E-state index in [9.17, 15) is 0 Å². The fourth-order valence-electron chi connectivity index (χ4n) is 2.63. The molecule has 2 aromatic carbocycles. The van der Waals surface area contributed by atoms with Gasteiger partial charge >= 0.3 is 0 Å². The minimum atomic E-state index is 0.300. The Morgan fingerprint density at radius 3 is 2.24 bits per heavy atom. The second-order valence-electron chi connectivity index (χ2n) is 6.12. The zero-order valence-electron chi connectivity index (χ0n) is 14.0. The van der Waals surface area contributed by atoms with Crippen molar-refractivity contribution >= 4 is 11.4 Å². The van der Waals surface area contributed by atoms with Crippen LogP contribution < -0.4 is 10.2 Å². The van der Waals surface area contributed by atoms with Gasteiger partial charge in [-0.1, -0.05) is 23.8 Å². The smallest absolute Gasteiger partial charge is 0.0488 e. The maximum absolute atomic E-state index is 3.64. The molecule has 0 bridgehead atoms. The largest absolute Gasteiger partial charge is 0.378 e. The summed E-state index contributed by atoms with van der Waals surface area (Å²) in [5.74, 6) is 0. The predicted octanol–water partition coefficient (Wildman–Crippen LogP) is 4.85. The van der Waals surface area contributed by atoms with Crippen molar-refractivity contribution in [3.05, 3.63) is 58.7 Å². The third-order valence-corrected chi connectivity index (χ3v) is 4.00. The summed E-state index contributed by atoms with van der Waals surface area (Å²) in [4.78, 5) is 2.13. The molecule has 112 valence electrons. The molecule has 0 aromatic heterocycles. The standard InChI is InChI=1S/C19H26N2/c1-13-7-8-14(2)18(11-13)16(4)20-19-10-9-17(21(5)6)12-15(19)3/h7-12,16,20H,1-6H3. The number of anilines is 2. The molecular formula is C19H26N2. The maximum Gasteiger partial charge on any atom is 0.0488 e. The van der Waals surface area contributed by atoms with E-state index in [4.69, 9.17) is 0 Å². The van der Waals surface area contributed by atoms with Gasteiger partial charge < -0.3 is 10.2 Å². The number of benzene rings is 2. The van der Waals surface area contributed by atoms with Gasteiger partial charge in [-0.3, -0.25) is 0 Å². The molecule has 0 aliphatic rings. The molecule has 0 saturated heterocycles. The van der Waals surface area contributed by atoms with E-state index in [2.05, 4.69) is 88.4 Å². The van der Waals surface area contributed by atoms with Crippen molar-refractivity contribution in [1.29, 1.82) is 0 Å². The molecule has 1 unspecified atom stereocenters. The topological polar surface area (TPSA) is 15.3 Å². The van der Waals surface area contributed by atoms with Gasteiger partial charge in [0, 0.05) is 31.5 Å². The summed E-state index contributed by atoms with van der Waals surface area (Å²) in [6, 6.07) is 13.5. The normalized spacial score (nSPS) is 12.1. The van der Waals surface area contributed by atoms with E-state index in [1.807, 2.05) is 0 Å². The lowest BCUT2D eigenvalue weighted by atomic mass is 9.99. The van der Waals surface area contributed by atoms with Crippen molar-refractivity contribution in [2.45, 2.75) is 33.7 Å². The maximum atomic E-state index is 3.64. The van der Waals surface area contributed by atoms with E-state index < -0.39 is 0 Å². The first-order valence-electron chi connectivity index (χ1n) is 7.50. The Bertz CT molecular complexity index is 629. The van der Waals surface area contributed by atoms with Crippen LogP contribution in [0.5, 0.6) is 0 Å². The highest BCUT2D eigenvalue weighted by Crippen LogP contribution is 2.27. The van der Waals surface area contributed by atoms with Crippen LogP contribution in [0.4, 0.5) is 11.4 Å². The zero-order chi connectivity index (χ0) is 15.6. The van der Waals surface area contributed by atoms with Crippen molar-refractivity contribution in [2.24, 2.45) is 0 Å². The molecule has 1 atom stereocenters. The SMILES string of the molecule is Cc1ccc(C)c(C(C)Nc2ccc(N(C)C)cc2C)c1. The molecule has 2 heteroatoms. The summed E-state index contributed by atoms with van der Waals surface area (Å²) in [6.07, 6.45) is 0. The highest BCUT2D eigenvalue weighted by molar-refractivity contribution is 5.60. The van der Waals surface area contributed by atoms with Gasteiger partial charge in [0.1, 0.15) is 0 Å². The van der Waals surface area contributed by atoms with E-state index in [1.165, 1.54) is 33.6 Å². The Morgan fingerprint density at radius 2 is 1.62 bits per heavy atom. The van der Waals surface area contributed by atoms with Crippen molar-refractivity contribution in [1.82, 2.24) is 0 Å². The number of aryl methyl sites for hydroxylation is 3. The van der Waals surface area contributed by atoms with Crippen LogP contribution in [0.15, 0.2) is 36.4 Å². The van der Waals surface area contributed by atoms with Gasteiger partial charge in [0.2, 0.25) is 0 Å². The van der Waals surface area contributed by atoms with Gasteiger partial charge in [-0.2, -0.15) is 0 Å². The molecule has 0 saturated carbocycles. The second kappa shape index (κ2) is 6.21. The van der Waals surface area contributed by atoms with E-state index >= 15 is 0 Å². The summed E-state index contributed by atoms with van der Waals surface area (Å²) < 4.78 is 0. The van der Waals surface area contributed by atoms with Crippen LogP contribution in [-0.2, 0) is 0 Å². The summed E-state index contributed by atoms with van der Waals surface area (Å²) >= 11 is 0. The average Bonchev–Trinajstić information content (AvgIpc) is 2.43. The Labute approximate surface area is 128 Å². The Kier molecular flexibility index (Phi) is 4.56. The lowest BCUT2D eigenvalue weighted by molar-refractivity contribution is 0.870. The van der Waals surface area contributed by atoms with Gasteiger partial charge in [0.15, 0.2) is 0 Å². The molecule has 0 radical (unpaired) electrons. The zero-order valence-corrected chi connectivity index (χ0v) is 14.0. The third kappa shape index (κ3) is 3.57. The second-order valence-corrected chi connectivity index (χ2v) is 6.12. The van der Waals surface area contributed by atoms with Crippen LogP contribution in [0.25, 0.3) is 0 Å². The molecule has 0 fully saturated rings. The highest BCUT2D eigenvalue weighted by atomic mass is 15.1. The molecular weight excluding hydrogens is 256 g/mol. The molecule has 0 aliphatic carbocycles. The van der Waals surface area contributed by atoms with Crippen molar-refractivity contribution in [3.8, 4) is 0 Å². The molecule has 21 heavy (non-hydrogen) atoms. The molecule has 2 aromatic rings. The monoisotopic (exact) mass is 282 g/mol. The molecule has 1 N–H and O–H groups in total. The first kappa shape index (κ1) is 15.4. The van der Waals surface area contributed by atoms with Gasteiger partial charge in [0.05, 0.1) is 0 Å². The van der Waals surface area contributed by atoms with E-state index in [-0.39, 0.29) is 0 Å². The first-order chi connectivity index (χ1) is 9.88. The van der Waals surface area contributed by atoms with Crippen molar-refractivity contribution in [3.63, 3.8) is 0 Å². The van der Waals surface area contributed by atoms with Gasteiger partial charge in [-0.05, 0) is 62.6 Å². The first-order valence-corrected chi connectivity index (χ1v) is 7.50. The molecule has 0 amide bonds. The van der Waals surface area contributed by atoms with E-state index in [1.54, 1.807) is 0 Å². The molecule has 0 spiro atoms. The van der Waals surface area contributed by atoms with E-state index in [0.29, 0.717) is 6.04 Å². The quantitative estimate of drug-likeness (QED) is 0.862. The van der Waals surface area contributed by atoms with Crippen molar-refractivity contribution < 1.29 is 0 Å². The van der Waals surface area contributed by atoms with Gasteiger partial charge in [0.25, 0.3) is 0 Å². The Morgan fingerprint density at radius 1 is 0.905 bits per heavy atom. The van der Waals surface area contributed by atoms with Crippen LogP contribution in [0, 0.1) is 20.8 Å². The van der Waals surface area contributed by atoms with Gasteiger partial charge in [-0.15, -0.1) is 0 Å². The number of nitrogens with zero attached hydrogens (tertiary/aromatic N) is 1. The number of hydrogen-bond donors (Lipinski definition) is 1. The average molecular weight is 282 g/mol. The number of nitrogens with one attached hydrogen (secondary N) is 1. The van der Waals surface area contributed by atoms with Gasteiger partial charge in [-0.25, -0.2) is 0 Å². The summed E-state index contributed by atoms with van der Waals surface area (Å²) in [7, 11) is 4.14. The van der Waals surface area contributed by atoms with Crippen molar-refractivity contribution in [2.75, 3.05) is 24.3 Å². The predicted molar refractivity (Wildman–Crippen MR) is 93.5 cm³/mol. The summed E-state index contributed by atoms with van der Waals surface area (Å²) in [5, 5.41) is 3.64.